The predicted molar refractivity (Wildman–Crippen MR) is 82.9 cm³/mol. The number of hydrogen-bond donors (Lipinski definition) is 2. The molecule has 0 aromatic carbocycles. The average Bonchev–Trinajstić information content (AvgIpc) is 2.43. The third kappa shape index (κ3) is 3.05. The number of amides is 1. The fourth-order valence-electron chi connectivity index (χ4n) is 5.18. The van der Waals surface area contributed by atoms with Crippen LogP contribution in [0.3, 0.4) is 0 Å². The van der Waals surface area contributed by atoms with Gasteiger partial charge in [0.15, 0.2) is 0 Å². The van der Waals surface area contributed by atoms with Gasteiger partial charge < -0.3 is 15.8 Å². The van der Waals surface area contributed by atoms with Crippen LogP contribution < -0.4 is 11.1 Å². The molecule has 0 aliphatic heterocycles. The number of nitrogens with two attached hydrogens (primary N) is 1. The average molecular weight is 294 g/mol. The minimum absolute atomic E-state index is 0.0293. The van der Waals surface area contributed by atoms with E-state index in [0.717, 1.165) is 49.9 Å². The van der Waals surface area contributed by atoms with Crippen LogP contribution in [-0.2, 0) is 4.74 Å². The third-order valence-electron chi connectivity index (χ3n) is 6.30. The van der Waals surface area contributed by atoms with Gasteiger partial charge in [-0.1, -0.05) is 13.8 Å². The molecule has 4 bridgehead atoms. The maximum atomic E-state index is 12.2. The van der Waals surface area contributed by atoms with Crippen LogP contribution in [0.15, 0.2) is 0 Å². The Morgan fingerprint density at radius 1 is 1.14 bits per heavy atom. The maximum absolute atomic E-state index is 12.2. The van der Waals surface area contributed by atoms with Crippen molar-refractivity contribution in [2.24, 2.45) is 23.5 Å². The summed E-state index contributed by atoms with van der Waals surface area (Å²) in [5.41, 5.74) is 5.85. The summed E-state index contributed by atoms with van der Waals surface area (Å²) in [5.74, 6) is 2.49. The van der Waals surface area contributed by atoms with Crippen LogP contribution in [-0.4, -0.2) is 23.8 Å². The minimum atomic E-state index is -0.376. The van der Waals surface area contributed by atoms with Gasteiger partial charge >= 0.3 is 6.09 Å². The van der Waals surface area contributed by atoms with Gasteiger partial charge in [-0.15, -0.1) is 0 Å². The Kier molecular flexibility index (Phi) is 3.93. The maximum Gasteiger partial charge on any atom is 0.407 e. The van der Waals surface area contributed by atoms with E-state index in [1.54, 1.807) is 0 Å². The van der Waals surface area contributed by atoms with Crippen molar-refractivity contribution in [2.75, 3.05) is 6.61 Å². The van der Waals surface area contributed by atoms with E-state index >= 15 is 0 Å². The van der Waals surface area contributed by atoms with Gasteiger partial charge in [0.1, 0.15) is 6.61 Å². The molecular formula is C17H30N2O2. The van der Waals surface area contributed by atoms with Crippen LogP contribution in [0.4, 0.5) is 4.79 Å². The second-order valence-corrected chi connectivity index (χ2v) is 7.97. The molecule has 0 heterocycles. The Bertz CT molecular complexity index is 368. The highest BCUT2D eigenvalue weighted by atomic mass is 16.5. The molecular weight excluding hydrogens is 264 g/mol. The van der Waals surface area contributed by atoms with E-state index in [-0.39, 0.29) is 17.2 Å². The van der Waals surface area contributed by atoms with Gasteiger partial charge in [0, 0.05) is 11.1 Å². The van der Waals surface area contributed by atoms with Crippen LogP contribution in [0.1, 0.15) is 65.2 Å². The van der Waals surface area contributed by atoms with Crippen molar-refractivity contribution in [1.82, 2.24) is 5.32 Å². The topological polar surface area (TPSA) is 64.3 Å². The molecule has 4 aliphatic rings. The van der Waals surface area contributed by atoms with Crippen LogP contribution in [0.2, 0.25) is 0 Å². The standard InChI is InChI=1S/C17H30N2O2/c1-3-16(18,4-2)11-21-15(20)19-17-8-12-5-13(9-17)7-14(6-12)10-17/h12-14H,3-11,18H2,1-2H3,(H,19,20). The van der Waals surface area contributed by atoms with Crippen molar-refractivity contribution in [1.29, 1.82) is 0 Å². The van der Waals surface area contributed by atoms with Crippen LogP contribution in [0, 0.1) is 17.8 Å². The number of alkyl carbamates (subject to hydrolysis) is 1. The largest absolute Gasteiger partial charge is 0.448 e. The molecule has 120 valence electrons. The van der Waals surface area contributed by atoms with Gasteiger partial charge in [-0.25, -0.2) is 4.79 Å². The second-order valence-electron chi connectivity index (χ2n) is 7.97. The molecule has 4 aliphatic carbocycles. The first-order valence-corrected chi connectivity index (χ1v) is 8.70. The van der Waals surface area contributed by atoms with Crippen LogP contribution >= 0.6 is 0 Å². The molecule has 1 amide bonds. The van der Waals surface area contributed by atoms with Crippen molar-refractivity contribution in [3.63, 3.8) is 0 Å². The third-order valence-corrected chi connectivity index (χ3v) is 6.30. The van der Waals surface area contributed by atoms with E-state index in [0.29, 0.717) is 6.61 Å². The van der Waals surface area contributed by atoms with Gasteiger partial charge in [0.2, 0.25) is 0 Å². The number of carbonyl (C=O) groups is 1. The van der Waals surface area contributed by atoms with E-state index < -0.39 is 0 Å². The fourth-order valence-corrected chi connectivity index (χ4v) is 5.18. The Morgan fingerprint density at radius 3 is 2.05 bits per heavy atom. The quantitative estimate of drug-likeness (QED) is 0.818. The smallest absolute Gasteiger partial charge is 0.407 e. The highest BCUT2D eigenvalue weighted by Gasteiger charge is 2.51. The number of rotatable bonds is 5. The van der Waals surface area contributed by atoms with E-state index in [2.05, 4.69) is 5.32 Å². The Labute approximate surface area is 128 Å². The monoisotopic (exact) mass is 294 g/mol. The summed E-state index contributed by atoms with van der Waals surface area (Å²) < 4.78 is 5.45. The van der Waals surface area contributed by atoms with Gasteiger partial charge in [0.25, 0.3) is 0 Å². The zero-order chi connectivity index (χ0) is 15.1. The Hall–Kier alpha value is -0.770. The second kappa shape index (κ2) is 5.45. The van der Waals surface area contributed by atoms with Crippen LogP contribution in [0.25, 0.3) is 0 Å². The van der Waals surface area contributed by atoms with E-state index in [4.69, 9.17) is 10.5 Å². The normalized spacial score (nSPS) is 37.6. The number of ether oxygens (including phenoxy) is 1. The first kappa shape index (κ1) is 15.1. The van der Waals surface area contributed by atoms with Crippen molar-refractivity contribution >= 4 is 6.09 Å². The highest BCUT2D eigenvalue weighted by molar-refractivity contribution is 5.68. The predicted octanol–water partition coefficient (Wildman–Crippen LogP) is 3.20. The number of hydrogen-bond acceptors (Lipinski definition) is 3. The minimum Gasteiger partial charge on any atom is -0.448 e. The molecule has 4 nitrogen and oxygen atoms in total. The molecule has 0 saturated heterocycles. The lowest BCUT2D eigenvalue weighted by molar-refractivity contribution is -0.0203. The summed E-state index contributed by atoms with van der Waals surface area (Å²) in [7, 11) is 0. The van der Waals surface area contributed by atoms with Gasteiger partial charge in [-0.2, -0.15) is 0 Å². The first-order chi connectivity index (χ1) is 9.96. The summed E-state index contributed by atoms with van der Waals surface area (Å²) in [4.78, 5) is 12.2. The summed E-state index contributed by atoms with van der Waals surface area (Å²) >= 11 is 0. The molecule has 0 aromatic heterocycles. The molecule has 0 spiro atoms. The summed E-state index contributed by atoms with van der Waals surface area (Å²) in [6, 6.07) is 0. The molecule has 0 aromatic rings. The lowest BCUT2D eigenvalue weighted by atomic mass is 9.53. The molecule has 3 N–H and O–H groups in total. The Balaban J connectivity index is 1.55. The first-order valence-electron chi connectivity index (χ1n) is 8.70. The van der Waals surface area contributed by atoms with Gasteiger partial charge in [-0.05, 0) is 69.1 Å². The molecule has 4 fully saturated rings. The zero-order valence-corrected chi connectivity index (χ0v) is 13.5. The lowest BCUT2D eigenvalue weighted by Gasteiger charge is -2.56. The molecule has 0 unspecified atom stereocenters. The zero-order valence-electron chi connectivity index (χ0n) is 13.5. The summed E-state index contributed by atoms with van der Waals surface area (Å²) in [5, 5.41) is 3.23. The van der Waals surface area contributed by atoms with Gasteiger partial charge in [0.05, 0.1) is 0 Å². The van der Waals surface area contributed by atoms with Gasteiger partial charge in [-0.3, -0.25) is 0 Å². The molecule has 0 radical (unpaired) electrons. The van der Waals surface area contributed by atoms with E-state index in [1.807, 2.05) is 13.8 Å². The van der Waals surface area contributed by atoms with Crippen molar-refractivity contribution in [3.8, 4) is 0 Å². The summed E-state index contributed by atoms with van der Waals surface area (Å²) in [6.07, 6.45) is 9.02. The molecule has 21 heavy (non-hydrogen) atoms. The number of carbonyl (C=O) groups excluding carboxylic acids is 1. The molecule has 0 atom stereocenters. The molecule has 4 heteroatoms. The lowest BCUT2D eigenvalue weighted by Crippen LogP contribution is -2.60. The van der Waals surface area contributed by atoms with E-state index in [1.165, 1.54) is 19.3 Å². The number of nitrogens with one attached hydrogen (secondary N) is 1. The fraction of sp³-hybridized carbons (Fsp3) is 0.941. The van der Waals surface area contributed by atoms with E-state index in [9.17, 15) is 4.79 Å². The van der Waals surface area contributed by atoms with Crippen LogP contribution in [0.5, 0.6) is 0 Å². The summed E-state index contributed by atoms with van der Waals surface area (Å²) in [6.45, 7) is 4.41. The molecule has 4 saturated carbocycles. The molecule has 4 rings (SSSR count). The SMILES string of the molecule is CCC(N)(CC)COC(=O)NC12CC3CC(CC(C3)C1)C2. The highest BCUT2D eigenvalue weighted by Crippen LogP contribution is 2.55. The van der Waals surface area contributed by atoms with Crippen molar-refractivity contribution < 1.29 is 9.53 Å². The van der Waals surface area contributed by atoms with Crippen molar-refractivity contribution in [3.05, 3.63) is 0 Å². The Morgan fingerprint density at radius 2 is 1.62 bits per heavy atom. The van der Waals surface area contributed by atoms with Crippen molar-refractivity contribution in [2.45, 2.75) is 76.3 Å².